The second-order valence-corrected chi connectivity index (χ2v) is 9.12. The third-order valence-electron chi connectivity index (χ3n) is 5.48. The lowest BCUT2D eigenvalue weighted by Gasteiger charge is -2.37. The average Bonchev–Trinajstić information content (AvgIpc) is 2.95. The first kappa shape index (κ1) is 20.9. The molecule has 0 bridgehead atoms. The Kier molecular flexibility index (Phi) is 5.21. The number of likely N-dealkylation sites (tertiary alicyclic amines) is 1. The zero-order valence-electron chi connectivity index (χ0n) is 17.9. The summed E-state index contributed by atoms with van der Waals surface area (Å²) >= 11 is 0. The van der Waals surface area contributed by atoms with Crippen LogP contribution < -0.4 is 5.32 Å². The largest absolute Gasteiger partial charge is 0.444 e. The SMILES string of the molecule is CC(C)(C)OC(=O)N1CC(C#Cc2ccc3c(c2)C(=O)N(C2CCC(=O)NC2=O)C3)C1. The number of hydrogen-bond donors (Lipinski definition) is 1. The van der Waals surface area contributed by atoms with Gasteiger partial charge in [0, 0.05) is 37.2 Å². The van der Waals surface area contributed by atoms with Gasteiger partial charge in [0.05, 0.1) is 5.92 Å². The lowest BCUT2D eigenvalue weighted by atomic mass is 10.0. The summed E-state index contributed by atoms with van der Waals surface area (Å²) in [5.41, 5.74) is 1.58. The number of fused-ring (bicyclic) bond motifs is 1. The van der Waals surface area contributed by atoms with Gasteiger partial charge in [-0.1, -0.05) is 17.9 Å². The minimum atomic E-state index is -0.624. The molecule has 8 heteroatoms. The summed E-state index contributed by atoms with van der Waals surface area (Å²) in [5, 5.41) is 2.30. The van der Waals surface area contributed by atoms with Crippen LogP contribution >= 0.6 is 0 Å². The van der Waals surface area contributed by atoms with Crippen LogP contribution in [0.1, 0.15) is 55.1 Å². The Labute approximate surface area is 180 Å². The molecule has 1 N–H and O–H groups in total. The van der Waals surface area contributed by atoms with Crippen molar-refractivity contribution in [1.29, 1.82) is 0 Å². The normalized spacial score (nSPS) is 21.1. The Morgan fingerprint density at radius 2 is 1.94 bits per heavy atom. The number of carbonyl (C=O) groups excluding carboxylic acids is 4. The topological polar surface area (TPSA) is 96.0 Å². The first-order valence-corrected chi connectivity index (χ1v) is 10.4. The van der Waals surface area contributed by atoms with Crippen molar-refractivity contribution in [3.05, 3.63) is 34.9 Å². The Morgan fingerprint density at radius 1 is 1.19 bits per heavy atom. The fourth-order valence-corrected chi connectivity index (χ4v) is 3.86. The maximum atomic E-state index is 12.9. The Bertz CT molecular complexity index is 1020. The number of nitrogens with one attached hydrogen (secondary N) is 1. The Balaban J connectivity index is 1.38. The van der Waals surface area contributed by atoms with Crippen LogP contribution in [0.15, 0.2) is 18.2 Å². The molecule has 0 saturated carbocycles. The highest BCUT2D eigenvalue weighted by molar-refractivity contribution is 6.05. The van der Waals surface area contributed by atoms with E-state index < -0.39 is 17.6 Å². The molecule has 4 amide bonds. The highest BCUT2D eigenvalue weighted by Crippen LogP contribution is 2.28. The highest BCUT2D eigenvalue weighted by atomic mass is 16.6. The van der Waals surface area contributed by atoms with Crippen molar-refractivity contribution in [2.45, 2.75) is 51.8 Å². The van der Waals surface area contributed by atoms with Gasteiger partial charge in [-0.15, -0.1) is 0 Å². The summed E-state index contributed by atoms with van der Waals surface area (Å²) < 4.78 is 5.34. The van der Waals surface area contributed by atoms with Gasteiger partial charge in [0.15, 0.2) is 0 Å². The molecule has 4 rings (SSSR count). The predicted molar refractivity (Wildman–Crippen MR) is 111 cm³/mol. The number of imide groups is 1. The molecular weight excluding hydrogens is 398 g/mol. The van der Waals surface area contributed by atoms with E-state index in [9.17, 15) is 19.2 Å². The number of rotatable bonds is 1. The fourth-order valence-electron chi connectivity index (χ4n) is 3.86. The minimum Gasteiger partial charge on any atom is -0.444 e. The lowest BCUT2D eigenvalue weighted by Crippen LogP contribution is -2.52. The standard InChI is InChI=1S/C23H25N3O5/c1-23(2,3)31-22(30)25-11-15(12-25)5-4-14-6-7-16-13-26(21(29)17(16)10-14)18-8-9-19(27)24-20(18)28/h6-7,10,15,18H,8-9,11-13H2,1-3H3,(H,24,27,28). The smallest absolute Gasteiger partial charge is 0.410 e. The fraction of sp³-hybridized carbons (Fsp3) is 0.478. The minimum absolute atomic E-state index is 0.0662. The van der Waals surface area contributed by atoms with Crippen LogP contribution in [-0.4, -0.2) is 58.3 Å². The number of carbonyl (C=O) groups is 4. The van der Waals surface area contributed by atoms with Crippen LogP contribution in [0, 0.1) is 17.8 Å². The van der Waals surface area contributed by atoms with Crippen molar-refractivity contribution in [2.75, 3.05) is 13.1 Å². The van der Waals surface area contributed by atoms with Gasteiger partial charge in [0.1, 0.15) is 11.6 Å². The van der Waals surface area contributed by atoms with E-state index in [-0.39, 0.29) is 30.2 Å². The molecule has 0 aliphatic carbocycles. The molecule has 8 nitrogen and oxygen atoms in total. The van der Waals surface area contributed by atoms with Gasteiger partial charge in [-0.2, -0.15) is 0 Å². The van der Waals surface area contributed by atoms with Crippen molar-refractivity contribution in [2.24, 2.45) is 5.92 Å². The summed E-state index contributed by atoms with van der Waals surface area (Å²) in [6.07, 6.45) is 0.240. The number of hydrogen-bond acceptors (Lipinski definition) is 5. The summed E-state index contributed by atoms with van der Waals surface area (Å²) in [6.45, 7) is 6.89. The molecular formula is C23H25N3O5. The van der Waals surface area contributed by atoms with Gasteiger partial charge >= 0.3 is 6.09 Å². The Hall–Kier alpha value is -3.34. The third kappa shape index (κ3) is 4.41. The maximum absolute atomic E-state index is 12.9. The molecule has 2 saturated heterocycles. The van der Waals surface area contributed by atoms with Crippen LogP contribution in [0.2, 0.25) is 0 Å². The molecule has 1 aromatic rings. The average molecular weight is 423 g/mol. The van der Waals surface area contributed by atoms with E-state index in [1.165, 1.54) is 4.90 Å². The second kappa shape index (κ2) is 7.73. The van der Waals surface area contributed by atoms with Gasteiger partial charge in [0.2, 0.25) is 11.8 Å². The number of amides is 4. The van der Waals surface area contributed by atoms with Crippen molar-refractivity contribution in [3.8, 4) is 11.8 Å². The molecule has 1 atom stereocenters. The number of benzene rings is 1. The van der Waals surface area contributed by atoms with E-state index in [2.05, 4.69) is 17.2 Å². The zero-order valence-corrected chi connectivity index (χ0v) is 17.9. The first-order chi connectivity index (χ1) is 14.6. The number of piperidine rings is 1. The van der Waals surface area contributed by atoms with Crippen LogP contribution in [0.4, 0.5) is 4.79 Å². The summed E-state index contributed by atoms with van der Waals surface area (Å²) in [6, 6.07) is 4.84. The van der Waals surface area contributed by atoms with Crippen molar-refractivity contribution in [1.82, 2.24) is 15.1 Å². The van der Waals surface area contributed by atoms with Gasteiger partial charge in [0.25, 0.3) is 5.91 Å². The van der Waals surface area contributed by atoms with Crippen LogP contribution in [0.3, 0.4) is 0 Å². The van der Waals surface area contributed by atoms with Gasteiger partial charge in [-0.25, -0.2) is 4.79 Å². The van der Waals surface area contributed by atoms with Crippen molar-refractivity contribution >= 4 is 23.8 Å². The van der Waals surface area contributed by atoms with E-state index in [0.717, 1.165) is 5.56 Å². The van der Waals surface area contributed by atoms with Gasteiger partial charge in [-0.3, -0.25) is 19.7 Å². The number of nitrogens with zero attached hydrogens (tertiary/aromatic N) is 2. The van der Waals surface area contributed by atoms with E-state index in [1.54, 1.807) is 11.0 Å². The van der Waals surface area contributed by atoms with Crippen LogP contribution in [-0.2, 0) is 20.9 Å². The summed E-state index contributed by atoms with van der Waals surface area (Å²) in [5.74, 6) is 5.37. The molecule has 0 spiro atoms. The van der Waals surface area contributed by atoms with Crippen LogP contribution in [0.25, 0.3) is 0 Å². The summed E-state index contributed by atoms with van der Waals surface area (Å²) in [7, 11) is 0. The third-order valence-corrected chi connectivity index (χ3v) is 5.48. The zero-order chi connectivity index (χ0) is 22.3. The molecule has 3 aliphatic rings. The molecule has 2 fully saturated rings. The molecule has 0 aromatic heterocycles. The Morgan fingerprint density at radius 3 is 2.61 bits per heavy atom. The molecule has 1 aromatic carbocycles. The molecule has 0 radical (unpaired) electrons. The van der Waals surface area contributed by atoms with Crippen LogP contribution in [0.5, 0.6) is 0 Å². The predicted octanol–water partition coefficient (Wildman–Crippen LogP) is 1.67. The van der Waals surface area contributed by atoms with Gasteiger partial charge < -0.3 is 14.5 Å². The second-order valence-electron chi connectivity index (χ2n) is 9.12. The van der Waals surface area contributed by atoms with Crippen molar-refractivity contribution in [3.63, 3.8) is 0 Å². The molecule has 3 aliphatic heterocycles. The van der Waals surface area contributed by atoms with E-state index in [0.29, 0.717) is 37.2 Å². The quantitative estimate of drug-likeness (QED) is 0.548. The van der Waals surface area contributed by atoms with E-state index >= 15 is 0 Å². The van der Waals surface area contributed by atoms with Gasteiger partial charge in [-0.05, 0) is 44.9 Å². The maximum Gasteiger partial charge on any atom is 0.410 e. The summed E-state index contributed by atoms with van der Waals surface area (Å²) in [4.78, 5) is 51.5. The lowest BCUT2D eigenvalue weighted by molar-refractivity contribution is -0.136. The molecule has 31 heavy (non-hydrogen) atoms. The monoisotopic (exact) mass is 423 g/mol. The van der Waals surface area contributed by atoms with E-state index in [1.807, 2.05) is 32.9 Å². The molecule has 1 unspecified atom stereocenters. The van der Waals surface area contributed by atoms with E-state index in [4.69, 9.17) is 4.74 Å². The molecule has 162 valence electrons. The number of ether oxygens (including phenoxy) is 1. The first-order valence-electron chi connectivity index (χ1n) is 10.4. The molecule has 3 heterocycles. The highest BCUT2D eigenvalue weighted by Gasteiger charge is 2.39. The van der Waals surface area contributed by atoms with Crippen molar-refractivity contribution < 1.29 is 23.9 Å².